The van der Waals surface area contributed by atoms with E-state index >= 15 is 0 Å². The van der Waals surface area contributed by atoms with Crippen LogP contribution in [0, 0.1) is 5.92 Å². The summed E-state index contributed by atoms with van der Waals surface area (Å²) in [6.45, 7) is 8.30. The minimum atomic E-state index is 0.397. The highest BCUT2D eigenvalue weighted by Crippen LogP contribution is 2.25. The summed E-state index contributed by atoms with van der Waals surface area (Å²) in [5.41, 5.74) is 7.59. The molecular formula is C18H29N3. The molecule has 2 aliphatic heterocycles. The van der Waals surface area contributed by atoms with E-state index in [1.165, 1.54) is 44.5 Å². The standard InChI is InChI=1S/C18H29N3/c1-15-12-20(13-16-6-3-2-4-7-16)11-9-18(15)21-10-5-8-17(19)14-21/h2-4,6-7,15,17-18H,5,8-14,19H2,1H3. The van der Waals surface area contributed by atoms with Crippen molar-refractivity contribution in [2.75, 3.05) is 26.2 Å². The molecule has 1 aromatic rings. The van der Waals surface area contributed by atoms with Gasteiger partial charge in [0.25, 0.3) is 0 Å². The molecule has 3 heteroatoms. The molecule has 2 heterocycles. The van der Waals surface area contributed by atoms with Crippen LogP contribution in [0.5, 0.6) is 0 Å². The Labute approximate surface area is 129 Å². The molecule has 1 aromatic carbocycles. The Hall–Kier alpha value is -0.900. The van der Waals surface area contributed by atoms with Gasteiger partial charge in [-0.25, -0.2) is 0 Å². The summed E-state index contributed by atoms with van der Waals surface area (Å²) in [4.78, 5) is 5.28. The molecule has 2 aliphatic rings. The maximum Gasteiger partial charge on any atom is 0.0233 e. The van der Waals surface area contributed by atoms with E-state index in [2.05, 4.69) is 47.1 Å². The van der Waals surface area contributed by atoms with E-state index in [1.54, 1.807) is 0 Å². The van der Waals surface area contributed by atoms with Crippen LogP contribution in [0.25, 0.3) is 0 Å². The van der Waals surface area contributed by atoms with E-state index in [0.717, 1.165) is 25.0 Å². The first kappa shape index (κ1) is 15.0. The summed E-state index contributed by atoms with van der Waals surface area (Å²) < 4.78 is 0. The Morgan fingerprint density at radius 1 is 1.10 bits per heavy atom. The number of likely N-dealkylation sites (tertiary alicyclic amines) is 2. The van der Waals surface area contributed by atoms with E-state index in [4.69, 9.17) is 5.73 Å². The van der Waals surface area contributed by atoms with E-state index in [1.807, 2.05) is 0 Å². The second kappa shape index (κ2) is 6.91. The molecule has 21 heavy (non-hydrogen) atoms. The summed E-state index contributed by atoms with van der Waals surface area (Å²) in [5.74, 6) is 0.743. The van der Waals surface area contributed by atoms with Crippen molar-refractivity contribution in [1.29, 1.82) is 0 Å². The predicted molar refractivity (Wildman–Crippen MR) is 88.1 cm³/mol. The lowest BCUT2D eigenvalue weighted by molar-refractivity contribution is 0.0442. The second-order valence-electron chi connectivity index (χ2n) is 6.95. The smallest absolute Gasteiger partial charge is 0.0233 e. The average Bonchev–Trinajstić information content (AvgIpc) is 2.48. The summed E-state index contributed by atoms with van der Waals surface area (Å²) >= 11 is 0. The maximum absolute atomic E-state index is 6.15. The number of nitrogens with zero attached hydrogens (tertiary/aromatic N) is 2. The SMILES string of the molecule is CC1CN(Cc2ccccc2)CCC1N1CCCC(N)C1. The van der Waals surface area contributed by atoms with Gasteiger partial charge < -0.3 is 5.73 Å². The third-order valence-corrected chi connectivity index (χ3v) is 5.15. The monoisotopic (exact) mass is 287 g/mol. The molecule has 3 unspecified atom stereocenters. The highest BCUT2D eigenvalue weighted by atomic mass is 15.2. The lowest BCUT2D eigenvalue weighted by Gasteiger charge is -2.45. The van der Waals surface area contributed by atoms with Crippen LogP contribution in [-0.4, -0.2) is 48.1 Å². The van der Waals surface area contributed by atoms with Gasteiger partial charge in [0.05, 0.1) is 0 Å². The quantitative estimate of drug-likeness (QED) is 0.926. The van der Waals surface area contributed by atoms with Crippen LogP contribution < -0.4 is 5.73 Å². The van der Waals surface area contributed by atoms with Crippen molar-refractivity contribution in [3.8, 4) is 0 Å². The summed E-state index contributed by atoms with van der Waals surface area (Å²) in [7, 11) is 0. The minimum absolute atomic E-state index is 0.397. The number of hydrogen-bond donors (Lipinski definition) is 1. The van der Waals surface area contributed by atoms with Crippen LogP contribution in [-0.2, 0) is 6.54 Å². The Bertz CT molecular complexity index is 433. The lowest BCUT2D eigenvalue weighted by Crippen LogP contribution is -2.54. The van der Waals surface area contributed by atoms with Crippen LogP contribution in [0.1, 0.15) is 31.7 Å². The molecule has 0 saturated carbocycles. The van der Waals surface area contributed by atoms with Crippen LogP contribution >= 0.6 is 0 Å². The molecule has 3 rings (SSSR count). The Kier molecular flexibility index (Phi) is 4.94. The minimum Gasteiger partial charge on any atom is -0.327 e. The van der Waals surface area contributed by atoms with Crippen LogP contribution in [0.2, 0.25) is 0 Å². The Balaban J connectivity index is 1.54. The molecule has 2 saturated heterocycles. The van der Waals surface area contributed by atoms with Crippen molar-refractivity contribution in [2.45, 2.75) is 44.8 Å². The Morgan fingerprint density at radius 3 is 2.62 bits per heavy atom. The van der Waals surface area contributed by atoms with Gasteiger partial charge in [0, 0.05) is 31.7 Å². The zero-order chi connectivity index (χ0) is 14.7. The van der Waals surface area contributed by atoms with Gasteiger partial charge >= 0.3 is 0 Å². The number of nitrogens with two attached hydrogens (primary N) is 1. The Morgan fingerprint density at radius 2 is 1.90 bits per heavy atom. The first-order valence-electron chi connectivity index (χ1n) is 8.48. The predicted octanol–water partition coefficient (Wildman–Crippen LogP) is 2.32. The van der Waals surface area contributed by atoms with Gasteiger partial charge in [-0.2, -0.15) is 0 Å². The molecule has 3 atom stereocenters. The third kappa shape index (κ3) is 3.85. The number of hydrogen-bond acceptors (Lipinski definition) is 3. The molecule has 3 nitrogen and oxygen atoms in total. The van der Waals surface area contributed by atoms with Gasteiger partial charge in [0.2, 0.25) is 0 Å². The lowest BCUT2D eigenvalue weighted by atomic mass is 9.90. The van der Waals surface area contributed by atoms with Crippen molar-refractivity contribution < 1.29 is 0 Å². The fraction of sp³-hybridized carbons (Fsp3) is 0.667. The van der Waals surface area contributed by atoms with Crippen LogP contribution in [0.3, 0.4) is 0 Å². The molecule has 0 spiro atoms. The highest BCUT2D eigenvalue weighted by molar-refractivity contribution is 5.14. The molecule has 0 amide bonds. The zero-order valence-corrected chi connectivity index (χ0v) is 13.2. The molecule has 2 fully saturated rings. The summed E-state index contributed by atoms with van der Waals surface area (Å²) in [6.07, 6.45) is 3.77. The zero-order valence-electron chi connectivity index (χ0n) is 13.2. The third-order valence-electron chi connectivity index (χ3n) is 5.15. The molecular weight excluding hydrogens is 258 g/mol. The van der Waals surface area contributed by atoms with E-state index < -0.39 is 0 Å². The second-order valence-corrected chi connectivity index (χ2v) is 6.95. The van der Waals surface area contributed by atoms with Crippen molar-refractivity contribution in [3.63, 3.8) is 0 Å². The summed E-state index contributed by atoms with van der Waals surface area (Å²) in [5, 5.41) is 0. The number of rotatable bonds is 3. The van der Waals surface area contributed by atoms with Gasteiger partial charge in [-0.3, -0.25) is 9.80 Å². The molecule has 2 N–H and O–H groups in total. The van der Waals surface area contributed by atoms with E-state index in [-0.39, 0.29) is 0 Å². The fourth-order valence-electron chi connectivity index (χ4n) is 4.09. The van der Waals surface area contributed by atoms with Crippen LogP contribution in [0.4, 0.5) is 0 Å². The van der Waals surface area contributed by atoms with E-state index in [0.29, 0.717) is 6.04 Å². The average molecular weight is 287 g/mol. The molecule has 116 valence electrons. The van der Waals surface area contributed by atoms with Crippen LogP contribution in [0.15, 0.2) is 30.3 Å². The molecule has 0 radical (unpaired) electrons. The van der Waals surface area contributed by atoms with Crippen molar-refractivity contribution >= 4 is 0 Å². The van der Waals surface area contributed by atoms with E-state index in [9.17, 15) is 0 Å². The van der Waals surface area contributed by atoms with Gasteiger partial charge in [0.1, 0.15) is 0 Å². The number of piperidine rings is 2. The van der Waals surface area contributed by atoms with Gasteiger partial charge in [0.15, 0.2) is 0 Å². The van der Waals surface area contributed by atoms with Gasteiger partial charge in [-0.1, -0.05) is 37.3 Å². The van der Waals surface area contributed by atoms with Crippen molar-refractivity contribution in [2.24, 2.45) is 11.7 Å². The maximum atomic E-state index is 6.15. The largest absolute Gasteiger partial charge is 0.327 e. The molecule has 0 aromatic heterocycles. The summed E-state index contributed by atoms with van der Waals surface area (Å²) in [6, 6.07) is 12.0. The normalized spacial score (nSPS) is 32.2. The fourth-order valence-corrected chi connectivity index (χ4v) is 4.09. The van der Waals surface area contributed by atoms with Gasteiger partial charge in [-0.15, -0.1) is 0 Å². The van der Waals surface area contributed by atoms with Crippen molar-refractivity contribution in [3.05, 3.63) is 35.9 Å². The first-order chi connectivity index (χ1) is 10.2. The first-order valence-corrected chi connectivity index (χ1v) is 8.48. The van der Waals surface area contributed by atoms with Crippen molar-refractivity contribution in [1.82, 2.24) is 9.80 Å². The topological polar surface area (TPSA) is 32.5 Å². The van der Waals surface area contributed by atoms with Gasteiger partial charge in [-0.05, 0) is 43.8 Å². The highest BCUT2D eigenvalue weighted by Gasteiger charge is 2.32. The molecule has 0 bridgehead atoms. The number of benzene rings is 1. The molecule has 0 aliphatic carbocycles.